The van der Waals surface area contributed by atoms with Crippen LogP contribution in [0.3, 0.4) is 0 Å². The normalized spacial score (nSPS) is 11.9. The Morgan fingerprint density at radius 1 is 1.04 bits per heavy atom. The summed E-state index contributed by atoms with van der Waals surface area (Å²) in [4.78, 5) is 13.3. The van der Waals surface area contributed by atoms with E-state index >= 15 is 0 Å². The second-order valence-electron chi connectivity index (χ2n) is 6.77. The minimum atomic E-state index is -2.80. The molecule has 0 aliphatic heterocycles. The second-order valence-corrected chi connectivity index (χ2v) is 6.77. The highest BCUT2D eigenvalue weighted by molar-refractivity contribution is 5.78. The van der Waals surface area contributed by atoms with E-state index in [9.17, 15) is 13.6 Å². The summed E-state index contributed by atoms with van der Waals surface area (Å²) in [5, 5.41) is 3.43. The predicted octanol–water partition coefficient (Wildman–Crippen LogP) is 4.35. The Balaban J connectivity index is 1.79. The van der Waals surface area contributed by atoms with Crippen molar-refractivity contribution in [3.8, 4) is 5.75 Å². The van der Waals surface area contributed by atoms with Crippen molar-refractivity contribution in [1.29, 1.82) is 0 Å². The molecule has 0 fully saturated rings. The molecule has 2 aromatic carbocycles. The Morgan fingerprint density at radius 3 is 2.19 bits per heavy atom. The predicted molar refractivity (Wildman–Crippen MR) is 103 cm³/mol. The lowest BCUT2D eigenvalue weighted by atomic mass is 10.1. The molecule has 27 heavy (non-hydrogen) atoms. The number of aryl methyl sites for hydroxylation is 1. The molecule has 0 bridgehead atoms. The highest BCUT2D eigenvalue weighted by atomic mass is 19.3. The van der Waals surface area contributed by atoms with Gasteiger partial charge in [-0.25, -0.2) is 0 Å². The molecule has 0 saturated heterocycles. The van der Waals surface area contributed by atoms with Crippen LogP contribution in [0, 0.1) is 0 Å². The van der Waals surface area contributed by atoms with Gasteiger partial charge < -0.3 is 15.0 Å². The van der Waals surface area contributed by atoms with Gasteiger partial charge in [0.1, 0.15) is 5.75 Å². The summed E-state index contributed by atoms with van der Waals surface area (Å²) < 4.78 is 28.7. The van der Waals surface area contributed by atoms with Gasteiger partial charge in [0.25, 0.3) is 0 Å². The van der Waals surface area contributed by atoms with Crippen LogP contribution in [0.1, 0.15) is 24.5 Å². The van der Waals surface area contributed by atoms with Crippen molar-refractivity contribution in [2.24, 2.45) is 0 Å². The highest BCUT2D eigenvalue weighted by Gasteiger charge is 2.07. The number of benzene rings is 2. The Morgan fingerprint density at radius 2 is 1.63 bits per heavy atom. The van der Waals surface area contributed by atoms with Gasteiger partial charge in [0, 0.05) is 25.8 Å². The smallest absolute Gasteiger partial charge is 0.387 e. The van der Waals surface area contributed by atoms with Gasteiger partial charge in [0.05, 0.1) is 6.42 Å². The average Bonchev–Trinajstić information content (AvgIpc) is 2.62. The number of anilines is 1. The molecular formula is C21H26F2N2O2. The molecule has 1 N–H and O–H groups in total. The molecule has 2 rings (SSSR count). The van der Waals surface area contributed by atoms with Gasteiger partial charge in [0.2, 0.25) is 5.91 Å². The van der Waals surface area contributed by atoms with Crippen molar-refractivity contribution in [2.45, 2.75) is 38.8 Å². The van der Waals surface area contributed by atoms with Crippen LogP contribution in [0.4, 0.5) is 14.5 Å². The van der Waals surface area contributed by atoms with E-state index in [4.69, 9.17) is 0 Å². The monoisotopic (exact) mass is 376 g/mol. The van der Waals surface area contributed by atoms with Gasteiger partial charge in [-0.2, -0.15) is 8.78 Å². The number of nitrogens with one attached hydrogen (secondary N) is 1. The van der Waals surface area contributed by atoms with Gasteiger partial charge in [-0.1, -0.05) is 24.3 Å². The number of ether oxygens (including phenoxy) is 1. The number of likely N-dealkylation sites (N-methyl/N-ethyl adjacent to an activating group) is 1. The number of halogens is 2. The molecule has 146 valence electrons. The van der Waals surface area contributed by atoms with E-state index in [1.807, 2.05) is 24.3 Å². The van der Waals surface area contributed by atoms with E-state index in [1.54, 1.807) is 43.3 Å². The maximum atomic E-state index is 12.2. The van der Waals surface area contributed by atoms with Gasteiger partial charge in [-0.3, -0.25) is 4.79 Å². The van der Waals surface area contributed by atoms with E-state index in [2.05, 4.69) is 17.0 Å². The molecule has 0 saturated carbocycles. The van der Waals surface area contributed by atoms with Crippen molar-refractivity contribution >= 4 is 11.6 Å². The maximum absolute atomic E-state index is 12.2. The van der Waals surface area contributed by atoms with Crippen LogP contribution in [0.15, 0.2) is 48.5 Å². The molecule has 0 aromatic heterocycles. The molecule has 1 amide bonds. The van der Waals surface area contributed by atoms with Crippen LogP contribution in [0.25, 0.3) is 0 Å². The first-order valence-corrected chi connectivity index (χ1v) is 8.93. The standard InChI is InChI=1S/C21H26F2N2O2/c1-15(4-5-16-8-12-19(13-9-16)27-21(22)23)24-18-10-6-17(7-11-18)14-20(26)25(2)3/h6-13,15,21,24H,4-5,14H2,1-3H3/t15-/m1/s1. The zero-order valence-electron chi connectivity index (χ0n) is 15.9. The SMILES string of the molecule is C[C@H](CCc1ccc(OC(F)F)cc1)Nc1ccc(CC(=O)N(C)C)cc1. The number of hydrogen-bond acceptors (Lipinski definition) is 3. The number of alkyl halides is 2. The number of amides is 1. The Labute approximate surface area is 159 Å². The molecule has 6 heteroatoms. The molecule has 0 unspecified atom stereocenters. The summed E-state index contributed by atoms with van der Waals surface area (Å²) in [5.41, 5.74) is 3.06. The van der Waals surface area contributed by atoms with Gasteiger partial charge >= 0.3 is 6.61 Å². The molecule has 0 aliphatic carbocycles. The lowest BCUT2D eigenvalue weighted by molar-refractivity contribution is -0.127. The van der Waals surface area contributed by atoms with Crippen LogP contribution < -0.4 is 10.1 Å². The highest BCUT2D eigenvalue weighted by Crippen LogP contribution is 2.17. The second kappa shape index (κ2) is 9.90. The number of hydrogen-bond donors (Lipinski definition) is 1. The number of carbonyl (C=O) groups excluding carboxylic acids is 1. The summed E-state index contributed by atoms with van der Waals surface area (Å²) in [5.74, 6) is 0.252. The van der Waals surface area contributed by atoms with Gasteiger partial charge in [-0.15, -0.1) is 0 Å². The van der Waals surface area contributed by atoms with Crippen LogP contribution in [0.2, 0.25) is 0 Å². The van der Waals surface area contributed by atoms with E-state index in [0.717, 1.165) is 29.7 Å². The Bertz CT molecular complexity index is 716. The van der Waals surface area contributed by atoms with Crippen molar-refractivity contribution in [1.82, 2.24) is 4.90 Å². The third kappa shape index (κ3) is 7.25. The van der Waals surface area contributed by atoms with E-state index < -0.39 is 6.61 Å². The first kappa shape index (κ1) is 20.7. The summed E-state index contributed by atoms with van der Waals surface area (Å²) in [6.45, 7) is -0.704. The Hall–Kier alpha value is -2.63. The topological polar surface area (TPSA) is 41.6 Å². The molecule has 1 atom stereocenters. The van der Waals surface area contributed by atoms with E-state index in [0.29, 0.717) is 6.42 Å². The fraction of sp³-hybridized carbons (Fsp3) is 0.381. The average molecular weight is 376 g/mol. The summed E-state index contributed by atoms with van der Waals surface area (Å²) in [6.07, 6.45) is 2.13. The van der Waals surface area contributed by atoms with Crippen molar-refractivity contribution in [2.75, 3.05) is 19.4 Å². The fourth-order valence-corrected chi connectivity index (χ4v) is 2.63. The third-order valence-corrected chi connectivity index (χ3v) is 4.24. The molecule has 0 spiro atoms. The largest absolute Gasteiger partial charge is 0.435 e. The quantitative estimate of drug-likeness (QED) is 0.707. The lowest BCUT2D eigenvalue weighted by Gasteiger charge is -2.16. The van der Waals surface area contributed by atoms with Crippen LogP contribution in [-0.2, 0) is 17.6 Å². The number of carbonyl (C=O) groups is 1. The summed E-state index contributed by atoms with van der Waals surface area (Å²) in [6, 6.07) is 14.9. The van der Waals surface area contributed by atoms with E-state index in [1.165, 1.54) is 0 Å². The molecule has 0 radical (unpaired) electrons. The zero-order chi connectivity index (χ0) is 19.8. The molecule has 0 aliphatic rings. The summed E-state index contributed by atoms with van der Waals surface area (Å²) in [7, 11) is 3.50. The Kier molecular flexibility index (Phi) is 7.58. The maximum Gasteiger partial charge on any atom is 0.387 e. The van der Waals surface area contributed by atoms with Gasteiger partial charge in [0.15, 0.2) is 0 Å². The van der Waals surface area contributed by atoms with Crippen LogP contribution >= 0.6 is 0 Å². The first-order valence-electron chi connectivity index (χ1n) is 8.93. The number of nitrogens with zero attached hydrogens (tertiary/aromatic N) is 1. The first-order chi connectivity index (χ1) is 12.8. The molecule has 0 heterocycles. The van der Waals surface area contributed by atoms with Crippen LogP contribution in [0.5, 0.6) is 5.75 Å². The summed E-state index contributed by atoms with van der Waals surface area (Å²) >= 11 is 0. The molecule has 4 nitrogen and oxygen atoms in total. The number of rotatable bonds is 9. The lowest BCUT2D eigenvalue weighted by Crippen LogP contribution is -2.23. The zero-order valence-corrected chi connectivity index (χ0v) is 15.9. The third-order valence-electron chi connectivity index (χ3n) is 4.24. The molecule has 2 aromatic rings. The van der Waals surface area contributed by atoms with Gasteiger partial charge in [-0.05, 0) is 55.2 Å². The van der Waals surface area contributed by atoms with Crippen molar-refractivity contribution in [3.63, 3.8) is 0 Å². The minimum absolute atomic E-state index is 0.0778. The molecular weight excluding hydrogens is 350 g/mol. The minimum Gasteiger partial charge on any atom is -0.435 e. The van der Waals surface area contributed by atoms with Crippen molar-refractivity contribution in [3.05, 3.63) is 59.7 Å². The van der Waals surface area contributed by atoms with Crippen LogP contribution in [-0.4, -0.2) is 37.6 Å². The van der Waals surface area contributed by atoms with E-state index in [-0.39, 0.29) is 17.7 Å². The van der Waals surface area contributed by atoms with Crippen molar-refractivity contribution < 1.29 is 18.3 Å². The fourth-order valence-electron chi connectivity index (χ4n) is 2.63.